The van der Waals surface area contributed by atoms with Gasteiger partial charge in [-0.15, -0.1) is 24.0 Å². The molecule has 1 N–H and O–H groups in total. The van der Waals surface area contributed by atoms with Crippen LogP contribution in [0.2, 0.25) is 0 Å². The molecule has 1 heterocycles. The van der Waals surface area contributed by atoms with Crippen LogP contribution in [0.5, 0.6) is 5.75 Å². The molecule has 0 unspecified atom stereocenters. The topological polar surface area (TPSA) is 36.9 Å². The molecule has 1 aliphatic heterocycles. The predicted molar refractivity (Wildman–Crippen MR) is 109 cm³/mol. The zero-order chi connectivity index (χ0) is 16.1. The Hall–Kier alpha value is -1.76. The minimum absolute atomic E-state index is 0. The lowest BCUT2D eigenvalue weighted by atomic mass is 10.0. The fourth-order valence-electron chi connectivity index (χ4n) is 2.93. The lowest BCUT2D eigenvalue weighted by Crippen LogP contribution is -2.43. The Labute approximate surface area is 160 Å². The fourth-order valence-corrected chi connectivity index (χ4v) is 2.93. The van der Waals surface area contributed by atoms with Crippen LogP contribution in [0.15, 0.2) is 53.5 Å². The van der Waals surface area contributed by atoms with Gasteiger partial charge in [0.25, 0.3) is 0 Å². The smallest absolute Gasteiger partial charge is 0.194 e. The molecule has 0 amide bonds. The minimum Gasteiger partial charge on any atom is -0.497 e. The summed E-state index contributed by atoms with van der Waals surface area (Å²) in [5.41, 5.74) is 4.06. The first-order chi connectivity index (χ1) is 11.3. The number of aliphatic imine (C=N–C) groups is 1. The average Bonchev–Trinajstić information content (AvgIpc) is 2.62. The lowest BCUT2D eigenvalue weighted by molar-refractivity contribution is 0.378. The summed E-state index contributed by atoms with van der Waals surface area (Å²) >= 11 is 0. The Bertz CT molecular complexity index is 685. The van der Waals surface area contributed by atoms with Crippen LogP contribution in [0.4, 0.5) is 0 Å². The van der Waals surface area contributed by atoms with Crippen molar-refractivity contribution >= 4 is 29.9 Å². The van der Waals surface area contributed by atoms with Gasteiger partial charge in [-0.05, 0) is 35.2 Å². The van der Waals surface area contributed by atoms with E-state index in [0.717, 1.165) is 37.8 Å². The molecule has 2 aromatic carbocycles. The summed E-state index contributed by atoms with van der Waals surface area (Å²) in [5.74, 6) is 1.83. The summed E-state index contributed by atoms with van der Waals surface area (Å²) in [6.07, 6.45) is 1.07. The van der Waals surface area contributed by atoms with Crippen molar-refractivity contribution in [2.45, 2.75) is 19.5 Å². The predicted octanol–water partition coefficient (Wildman–Crippen LogP) is 3.45. The number of guanidine groups is 1. The SMILES string of the molecule is CN=C(NCc1ccc(OC)cc1)N1CCc2ccccc2C1.I. The summed E-state index contributed by atoms with van der Waals surface area (Å²) in [6, 6.07) is 16.8. The number of hydrogen-bond acceptors (Lipinski definition) is 2. The third-order valence-corrected chi connectivity index (χ3v) is 4.25. The monoisotopic (exact) mass is 437 g/mol. The third kappa shape index (κ3) is 4.41. The average molecular weight is 437 g/mol. The number of methoxy groups -OCH3 is 1. The maximum Gasteiger partial charge on any atom is 0.194 e. The largest absolute Gasteiger partial charge is 0.497 e. The normalized spacial score (nSPS) is 13.8. The highest BCUT2D eigenvalue weighted by Gasteiger charge is 2.18. The van der Waals surface area contributed by atoms with E-state index in [0.29, 0.717) is 0 Å². The Morgan fingerprint density at radius 2 is 1.83 bits per heavy atom. The van der Waals surface area contributed by atoms with E-state index in [9.17, 15) is 0 Å². The first-order valence-electron chi connectivity index (χ1n) is 7.95. The van der Waals surface area contributed by atoms with E-state index in [1.807, 2.05) is 19.2 Å². The molecule has 4 nitrogen and oxygen atoms in total. The quantitative estimate of drug-likeness (QED) is 0.454. The van der Waals surface area contributed by atoms with Gasteiger partial charge in [-0.3, -0.25) is 4.99 Å². The summed E-state index contributed by atoms with van der Waals surface area (Å²) < 4.78 is 5.19. The number of nitrogens with one attached hydrogen (secondary N) is 1. The van der Waals surface area contributed by atoms with E-state index in [1.54, 1.807) is 7.11 Å². The van der Waals surface area contributed by atoms with Crippen LogP contribution in [0.25, 0.3) is 0 Å². The molecule has 0 aromatic heterocycles. The van der Waals surface area contributed by atoms with E-state index < -0.39 is 0 Å². The second-order valence-electron chi connectivity index (χ2n) is 5.69. The van der Waals surface area contributed by atoms with E-state index in [-0.39, 0.29) is 24.0 Å². The maximum atomic E-state index is 5.19. The fraction of sp³-hybridized carbons (Fsp3) is 0.316. The van der Waals surface area contributed by atoms with Crippen molar-refractivity contribution in [1.82, 2.24) is 10.2 Å². The van der Waals surface area contributed by atoms with Crippen LogP contribution in [-0.2, 0) is 19.5 Å². The molecule has 0 atom stereocenters. The summed E-state index contributed by atoms with van der Waals surface area (Å²) in [6.45, 7) is 2.67. The Morgan fingerprint density at radius 3 is 2.50 bits per heavy atom. The first-order valence-corrected chi connectivity index (χ1v) is 7.95. The highest BCUT2D eigenvalue weighted by Crippen LogP contribution is 2.18. The molecular formula is C19H24IN3O. The Kier molecular flexibility index (Phi) is 6.90. The van der Waals surface area contributed by atoms with Gasteiger partial charge in [0.15, 0.2) is 5.96 Å². The van der Waals surface area contributed by atoms with E-state index in [1.165, 1.54) is 16.7 Å². The van der Waals surface area contributed by atoms with Gasteiger partial charge in [-0.25, -0.2) is 0 Å². The van der Waals surface area contributed by atoms with E-state index >= 15 is 0 Å². The third-order valence-electron chi connectivity index (χ3n) is 4.25. The number of fused-ring (bicyclic) bond motifs is 1. The van der Waals surface area contributed by atoms with E-state index in [2.05, 4.69) is 51.6 Å². The first kappa shape index (κ1) is 18.6. The van der Waals surface area contributed by atoms with Crippen molar-refractivity contribution in [2.75, 3.05) is 20.7 Å². The van der Waals surface area contributed by atoms with Gasteiger partial charge >= 0.3 is 0 Å². The zero-order valence-electron chi connectivity index (χ0n) is 14.2. The number of rotatable bonds is 3. The van der Waals surface area contributed by atoms with Crippen molar-refractivity contribution < 1.29 is 4.74 Å². The highest BCUT2D eigenvalue weighted by molar-refractivity contribution is 14.0. The van der Waals surface area contributed by atoms with Gasteiger partial charge in [0.2, 0.25) is 0 Å². The Balaban J connectivity index is 0.00000208. The molecule has 24 heavy (non-hydrogen) atoms. The molecular weight excluding hydrogens is 413 g/mol. The molecule has 0 fully saturated rings. The van der Waals surface area contributed by atoms with Gasteiger partial charge in [-0.2, -0.15) is 0 Å². The van der Waals surface area contributed by atoms with Gasteiger partial charge < -0.3 is 15.0 Å². The summed E-state index contributed by atoms with van der Waals surface area (Å²) in [5, 5.41) is 3.46. The summed E-state index contributed by atoms with van der Waals surface area (Å²) in [4.78, 5) is 6.75. The second-order valence-corrected chi connectivity index (χ2v) is 5.69. The molecule has 0 saturated carbocycles. The molecule has 2 aromatic rings. The van der Waals surface area contributed by atoms with Crippen molar-refractivity contribution in [3.8, 4) is 5.75 Å². The van der Waals surface area contributed by atoms with Crippen molar-refractivity contribution in [3.05, 3.63) is 65.2 Å². The molecule has 0 saturated heterocycles. The highest BCUT2D eigenvalue weighted by atomic mass is 127. The van der Waals surface area contributed by atoms with Crippen LogP contribution in [-0.4, -0.2) is 31.6 Å². The minimum atomic E-state index is 0. The van der Waals surface area contributed by atoms with Crippen LogP contribution >= 0.6 is 24.0 Å². The lowest BCUT2D eigenvalue weighted by Gasteiger charge is -2.31. The number of halogens is 1. The standard InChI is InChI=1S/C19H23N3O.HI/c1-20-19(21-13-15-7-9-18(23-2)10-8-15)22-12-11-16-5-3-4-6-17(16)14-22;/h3-10H,11-14H2,1-2H3,(H,20,21);1H. The Morgan fingerprint density at radius 1 is 1.12 bits per heavy atom. The van der Waals surface area contributed by atoms with E-state index in [4.69, 9.17) is 4.74 Å². The summed E-state index contributed by atoms with van der Waals surface area (Å²) in [7, 11) is 3.53. The number of benzene rings is 2. The molecule has 0 aliphatic carbocycles. The molecule has 1 aliphatic rings. The van der Waals surface area contributed by atoms with Crippen molar-refractivity contribution in [3.63, 3.8) is 0 Å². The van der Waals surface area contributed by atoms with Gasteiger partial charge in [0.05, 0.1) is 7.11 Å². The second kappa shape index (κ2) is 8.92. The van der Waals surface area contributed by atoms with Gasteiger partial charge in [0, 0.05) is 26.7 Å². The van der Waals surface area contributed by atoms with Crippen LogP contribution < -0.4 is 10.1 Å². The molecule has 3 rings (SSSR count). The van der Waals surface area contributed by atoms with Crippen molar-refractivity contribution in [2.24, 2.45) is 4.99 Å². The van der Waals surface area contributed by atoms with Crippen molar-refractivity contribution in [1.29, 1.82) is 0 Å². The van der Waals surface area contributed by atoms with Gasteiger partial charge in [0.1, 0.15) is 5.75 Å². The molecule has 0 radical (unpaired) electrons. The molecule has 128 valence electrons. The number of ether oxygens (including phenoxy) is 1. The zero-order valence-corrected chi connectivity index (χ0v) is 16.5. The van der Waals surface area contributed by atoms with Crippen LogP contribution in [0.1, 0.15) is 16.7 Å². The maximum absolute atomic E-state index is 5.19. The molecule has 0 spiro atoms. The number of hydrogen-bond donors (Lipinski definition) is 1. The number of nitrogens with zero attached hydrogens (tertiary/aromatic N) is 2. The molecule has 5 heteroatoms. The van der Waals surface area contributed by atoms with Gasteiger partial charge in [-0.1, -0.05) is 36.4 Å². The molecule has 0 bridgehead atoms. The van der Waals surface area contributed by atoms with Crippen LogP contribution in [0, 0.1) is 0 Å². The van der Waals surface area contributed by atoms with Crippen LogP contribution in [0.3, 0.4) is 0 Å².